The van der Waals surface area contributed by atoms with Crippen LogP contribution in [0.1, 0.15) is 19.3 Å². The third kappa shape index (κ3) is 8.14. The molecule has 1 aliphatic heterocycles. The largest absolute Gasteiger partial charge is 0.466 e. The number of nitrogens with zero attached hydrogens (tertiary/aromatic N) is 1. The number of hydrogen-bond acceptors (Lipinski definition) is 11. The molecular weight excluding hydrogens is 414 g/mol. The molecule has 1 rings (SSSR count). The quantitative estimate of drug-likeness (QED) is 0.0901. The SMILES string of the molecule is C[S@](=O)CCCC/C(=N\OS(=O)(=O)O)S[C@@H]1O[C@H](CO)[C@@H](O)[C@H](O)[C@H]1O. The number of aliphatic hydroxyl groups is 4. The van der Waals surface area contributed by atoms with Crippen molar-refractivity contribution in [1.29, 1.82) is 0 Å². The molecule has 0 spiro atoms. The van der Waals surface area contributed by atoms with Crippen molar-refractivity contribution < 1.29 is 46.6 Å². The summed E-state index contributed by atoms with van der Waals surface area (Å²) in [6.45, 7) is -0.613. The molecule has 0 amide bonds. The second-order valence-corrected chi connectivity index (χ2v) is 9.27. The molecule has 0 saturated carbocycles. The van der Waals surface area contributed by atoms with Crippen molar-refractivity contribution in [3.05, 3.63) is 0 Å². The summed E-state index contributed by atoms with van der Waals surface area (Å²) >= 11 is 0.717. The molecule has 26 heavy (non-hydrogen) atoms. The number of rotatable bonds is 9. The first kappa shape index (κ1) is 23.7. The summed E-state index contributed by atoms with van der Waals surface area (Å²) in [5.41, 5.74) is -1.17. The van der Waals surface area contributed by atoms with Gasteiger partial charge >= 0.3 is 10.4 Å². The van der Waals surface area contributed by atoms with Gasteiger partial charge in [-0.3, -0.25) is 8.76 Å². The Balaban J connectivity index is 2.80. The highest BCUT2D eigenvalue weighted by atomic mass is 32.3. The summed E-state index contributed by atoms with van der Waals surface area (Å²) in [6, 6.07) is 0. The van der Waals surface area contributed by atoms with Crippen molar-refractivity contribution in [1.82, 2.24) is 0 Å². The second kappa shape index (κ2) is 10.9. The van der Waals surface area contributed by atoms with Gasteiger partial charge in [-0.1, -0.05) is 16.9 Å². The number of unbranched alkanes of at least 4 members (excludes halogenated alkanes) is 1. The van der Waals surface area contributed by atoms with E-state index in [-0.39, 0.29) is 11.5 Å². The minimum Gasteiger partial charge on any atom is -0.394 e. The van der Waals surface area contributed by atoms with E-state index < -0.39 is 57.7 Å². The van der Waals surface area contributed by atoms with Crippen LogP contribution < -0.4 is 0 Å². The highest BCUT2D eigenvalue weighted by molar-refractivity contribution is 8.14. The van der Waals surface area contributed by atoms with Gasteiger partial charge in [-0.2, -0.15) is 8.42 Å². The van der Waals surface area contributed by atoms with E-state index in [0.29, 0.717) is 18.6 Å². The molecule has 0 aliphatic carbocycles. The standard InChI is InChI=1S/C12H23NO10S3/c1-25(18)5-3-2-4-8(13-23-26(19,20)21)24-12-11(17)10(16)9(15)7(6-14)22-12/h7,9-12,14-17H,2-6H2,1H3,(H,19,20,21)/b13-8+/t7-,9-,10+,11-,12+,25+/m1/s1. The summed E-state index contributed by atoms with van der Waals surface area (Å²) in [6.07, 6.45) is -3.09. The van der Waals surface area contributed by atoms with Crippen LogP contribution in [0.2, 0.25) is 0 Å². The molecule has 0 bridgehead atoms. The van der Waals surface area contributed by atoms with E-state index in [1.807, 2.05) is 0 Å². The molecule has 6 atom stereocenters. The maximum atomic E-state index is 11.1. The average molecular weight is 438 g/mol. The summed E-state index contributed by atoms with van der Waals surface area (Å²) in [4.78, 5) is 0. The summed E-state index contributed by atoms with van der Waals surface area (Å²) < 4.78 is 50.4. The highest BCUT2D eigenvalue weighted by Gasteiger charge is 2.44. The molecule has 154 valence electrons. The number of oxime groups is 1. The van der Waals surface area contributed by atoms with Crippen molar-refractivity contribution >= 4 is 38.0 Å². The molecule has 14 heteroatoms. The summed E-state index contributed by atoms with van der Waals surface area (Å²) in [7, 11) is -5.83. The average Bonchev–Trinajstić information content (AvgIpc) is 2.55. The molecule has 11 nitrogen and oxygen atoms in total. The third-order valence-electron chi connectivity index (χ3n) is 3.41. The normalized spacial score (nSPS) is 31.6. The van der Waals surface area contributed by atoms with E-state index >= 15 is 0 Å². The Morgan fingerprint density at radius 2 is 1.88 bits per heavy atom. The molecule has 0 aromatic carbocycles. The first-order chi connectivity index (χ1) is 12.0. The first-order valence-corrected chi connectivity index (χ1v) is 11.5. The van der Waals surface area contributed by atoms with Crippen LogP contribution in [0.25, 0.3) is 0 Å². The van der Waals surface area contributed by atoms with Crippen LogP contribution in [0.15, 0.2) is 5.16 Å². The third-order valence-corrected chi connectivity index (χ3v) is 5.71. The zero-order chi connectivity index (χ0) is 19.9. The number of ether oxygens (including phenoxy) is 1. The number of thioether (sulfide) groups is 1. The topological polar surface area (TPSA) is 183 Å². The molecule has 1 heterocycles. The first-order valence-electron chi connectivity index (χ1n) is 7.55. The van der Waals surface area contributed by atoms with Crippen molar-refractivity contribution in [3.63, 3.8) is 0 Å². The van der Waals surface area contributed by atoms with Crippen LogP contribution in [-0.2, 0) is 30.2 Å². The van der Waals surface area contributed by atoms with E-state index in [1.165, 1.54) is 0 Å². The maximum Gasteiger partial charge on any atom is 0.466 e. The lowest BCUT2D eigenvalue weighted by atomic mass is 10.0. The van der Waals surface area contributed by atoms with E-state index in [1.54, 1.807) is 6.26 Å². The zero-order valence-corrected chi connectivity index (χ0v) is 16.3. The molecule has 1 saturated heterocycles. The van der Waals surface area contributed by atoms with E-state index in [2.05, 4.69) is 9.44 Å². The van der Waals surface area contributed by atoms with Gasteiger partial charge in [0.15, 0.2) is 0 Å². The van der Waals surface area contributed by atoms with Gasteiger partial charge in [0.2, 0.25) is 0 Å². The van der Waals surface area contributed by atoms with E-state index in [9.17, 15) is 27.9 Å². The molecule has 1 fully saturated rings. The Kier molecular flexibility index (Phi) is 9.92. The Morgan fingerprint density at radius 3 is 2.42 bits per heavy atom. The van der Waals surface area contributed by atoms with E-state index in [0.717, 1.165) is 11.8 Å². The van der Waals surface area contributed by atoms with Crippen molar-refractivity contribution in [3.8, 4) is 0 Å². The molecular formula is C12H23NO10S3. The van der Waals surface area contributed by atoms with Crippen molar-refractivity contribution in [2.75, 3.05) is 18.6 Å². The summed E-state index contributed by atoms with van der Waals surface area (Å²) in [5.74, 6) is 0.428. The summed E-state index contributed by atoms with van der Waals surface area (Å²) in [5, 5.41) is 42.0. The highest BCUT2D eigenvalue weighted by Crippen LogP contribution is 2.30. The van der Waals surface area contributed by atoms with Crippen LogP contribution >= 0.6 is 11.8 Å². The Bertz CT molecular complexity index is 596. The van der Waals surface area contributed by atoms with Crippen LogP contribution in [0.4, 0.5) is 0 Å². The van der Waals surface area contributed by atoms with Gasteiger partial charge in [-0.05, 0) is 19.3 Å². The lowest BCUT2D eigenvalue weighted by molar-refractivity contribution is -0.205. The molecule has 0 unspecified atom stereocenters. The Hall–Kier alpha value is -0.320. The molecule has 5 N–H and O–H groups in total. The lowest BCUT2D eigenvalue weighted by Gasteiger charge is -2.39. The van der Waals surface area contributed by atoms with Gasteiger partial charge in [0, 0.05) is 22.8 Å². The van der Waals surface area contributed by atoms with E-state index in [4.69, 9.17) is 14.4 Å². The minimum atomic E-state index is -4.83. The lowest BCUT2D eigenvalue weighted by Crippen LogP contribution is -2.57. The Morgan fingerprint density at radius 1 is 1.23 bits per heavy atom. The predicted molar refractivity (Wildman–Crippen MR) is 94.2 cm³/mol. The van der Waals surface area contributed by atoms with Crippen molar-refractivity contribution in [2.24, 2.45) is 5.16 Å². The van der Waals surface area contributed by atoms with Gasteiger partial charge in [0.05, 0.1) is 6.61 Å². The van der Waals surface area contributed by atoms with Gasteiger partial charge in [0.1, 0.15) is 34.9 Å². The Labute approximate surface area is 157 Å². The number of hydrogen-bond donors (Lipinski definition) is 5. The fraction of sp³-hybridized carbons (Fsp3) is 0.917. The fourth-order valence-corrected chi connectivity index (χ4v) is 4.05. The van der Waals surface area contributed by atoms with Crippen LogP contribution in [0, 0.1) is 0 Å². The molecule has 1 aliphatic rings. The molecule has 0 aromatic heterocycles. The minimum absolute atomic E-state index is 0.0221. The number of aliphatic hydroxyl groups excluding tert-OH is 4. The molecule has 0 radical (unpaired) electrons. The van der Waals surface area contributed by atoms with Gasteiger partial charge in [-0.25, -0.2) is 4.28 Å². The predicted octanol–water partition coefficient (Wildman–Crippen LogP) is -1.80. The molecule has 0 aromatic rings. The smallest absolute Gasteiger partial charge is 0.394 e. The second-order valence-electron chi connectivity index (χ2n) is 5.54. The van der Waals surface area contributed by atoms with Crippen LogP contribution in [-0.4, -0.2) is 91.1 Å². The maximum absolute atomic E-state index is 11.1. The van der Waals surface area contributed by atoms with Gasteiger partial charge < -0.3 is 25.2 Å². The fourth-order valence-electron chi connectivity index (χ4n) is 2.10. The van der Waals surface area contributed by atoms with Gasteiger partial charge in [-0.15, -0.1) is 0 Å². The zero-order valence-electron chi connectivity index (χ0n) is 13.9. The van der Waals surface area contributed by atoms with Gasteiger partial charge in [0.25, 0.3) is 0 Å². The van der Waals surface area contributed by atoms with Crippen LogP contribution in [0.3, 0.4) is 0 Å². The van der Waals surface area contributed by atoms with Crippen molar-refractivity contribution in [2.45, 2.75) is 49.1 Å². The van der Waals surface area contributed by atoms with Crippen LogP contribution in [0.5, 0.6) is 0 Å². The monoisotopic (exact) mass is 437 g/mol.